The van der Waals surface area contributed by atoms with Crippen LogP contribution in [-0.2, 0) is 16.0 Å². The molecule has 0 aliphatic carbocycles. The van der Waals surface area contributed by atoms with E-state index in [4.69, 9.17) is 4.74 Å². The third-order valence-electron chi connectivity index (χ3n) is 5.04. The topological polar surface area (TPSA) is 71.2 Å². The van der Waals surface area contributed by atoms with Gasteiger partial charge in [-0.2, -0.15) is 0 Å². The lowest BCUT2D eigenvalue weighted by molar-refractivity contribution is -0.116. The van der Waals surface area contributed by atoms with Crippen LogP contribution in [0.25, 0.3) is 21.7 Å². The maximum absolute atomic E-state index is 12.7. The van der Waals surface area contributed by atoms with Crippen LogP contribution < -0.4 is 5.32 Å². The fourth-order valence-corrected chi connectivity index (χ4v) is 4.13. The van der Waals surface area contributed by atoms with Crippen LogP contribution in [0.2, 0.25) is 0 Å². The number of anilines is 1. The molecule has 6 heteroatoms. The largest absolute Gasteiger partial charge is 0.461 e. The summed E-state index contributed by atoms with van der Waals surface area (Å²) in [6.07, 6.45) is 0.663. The summed E-state index contributed by atoms with van der Waals surface area (Å²) in [4.78, 5) is 28.3. The van der Waals surface area contributed by atoms with Gasteiger partial charge < -0.3 is 15.0 Å². The highest BCUT2D eigenvalue weighted by Crippen LogP contribution is 2.30. The highest BCUT2D eigenvalue weighted by atomic mass is 79.9. The van der Waals surface area contributed by atoms with Gasteiger partial charge in [-0.05, 0) is 52.4 Å². The molecule has 0 atom stereocenters. The van der Waals surface area contributed by atoms with Gasteiger partial charge in [-0.1, -0.05) is 48.5 Å². The van der Waals surface area contributed by atoms with E-state index < -0.39 is 5.97 Å². The Morgan fingerprint density at radius 2 is 1.73 bits per heavy atom. The molecule has 152 valence electrons. The van der Waals surface area contributed by atoms with Crippen molar-refractivity contribution in [1.29, 1.82) is 0 Å². The summed E-state index contributed by atoms with van der Waals surface area (Å²) >= 11 is 3.52. The van der Waals surface area contributed by atoms with Crippen LogP contribution in [0.3, 0.4) is 0 Å². The number of para-hydroxylation sites is 1. The SMILES string of the molecule is CCOC(=O)c1[nH]c2c(Br)cccc2c1CCC(=O)Nc1cccc2ccccc12. The number of carbonyl (C=O) groups excluding carboxylic acids is 2. The first-order valence-electron chi connectivity index (χ1n) is 9.82. The van der Waals surface area contributed by atoms with Crippen LogP contribution in [0.15, 0.2) is 65.1 Å². The van der Waals surface area contributed by atoms with Crippen LogP contribution in [0, 0.1) is 0 Å². The number of carbonyl (C=O) groups is 2. The van der Waals surface area contributed by atoms with Crippen molar-refractivity contribution < 1.29 is 14.3 Å². The molecule has 0 saturated heterocycles. The monoisotopic (exact) mass is 464 g/mol. The third kappa shape index (κ3) is 3.96. The molecule has 2 N–H and O–H groups in total. The van der Waals surface area contributed by atoms with E-state index in [-0.39, 0.29) is 18.9 Å². The van der Waals surface area contributed by atoms with Gasteiger partial charge in [0.15, 0.2) is 0 Å². The van der Waals surface area contributed by atoms with Gasteiger partial charge >= 0.3 is 5.97 Å². The van der Waals surface area contributed by atoms with Gasteiger partial charge in [-0.25, -0.2) is 4.79 Å². The highest BCUT2D eigenvalue weighted by molar-refractivity contribution is 9.10. The van der Waals surface area contributed by atoms with Gasteiger partial charge in [0.1, 0.15) is 5.69 Å². The first-order valence-corrected chi connectivity index (χ1v) is 10.6. The Hall–Kier alpha value is -3.12. The van der Waals surface area contributed by atoms with E-state index in [9.17, 15) is 9.59 Å². The number of hydrogen-bond donors (Lipinski definition) is 2. The number of aromatic nitrogens is 1. The lowest BCUT2D eigenvalue weighted by atomic mass is 10.0. The quantitative estimate of drug-likeness (QED) is 0.352. The van der Waals surface area contributed by atoms with E-state index in [1.807, 2.05) is 60.7 Å². The second kappa shape index (κ2) is 8.71. The van der Waals surface area contributed by atoms with Crippen molar-refractivity contribution in [3.63, 3.8) is 0 Å². The molecule has 5 nitrogen and oxygen atoms in total. The molecule has 0 aliphatic heterocycles. The van der Waals surface area contributed by atoms with Gasteiger partial charge in [-0.15, -0.1) is 0 Å². The minimum absolute atomic E-state index is 0.106. The Morgan fingerprint density at radius 3 is 2.57 bits per heavy atom. The molecule has 0 radical (unpaired) electrons. The number of esters is 1. The first-order chi connectivity index (χ1) is 14.6. The number of aryl methyl sites for hydroxylation is 1. The lowest BCUT2D eigenvalue weighted by Crippen LogP contribution is -2.14. The Kier molecular flexibility index (Phi) is 5.86. The minimum atomic E-state index is -0.412. The summed E-state index contributed by atoms with van der Waals surface area (Å²) in [7, 11) is 0. The Morgan fingerprint density at radius 1 is 1.00 bits per heavy atom. The summed E-state index contributed by atoms with van der Waals surface area (Å²) in [6, 6.07) is 19.5. The van der Waals surface area contributed by atoms with Crippen molar-refractivity contribution >= 4 is 55.2 Å². The molecule has 0 bridgehead atoms. The zero-order valence-corrected chi connectivity index (χ0v) is 18.1. The molecule has 3 aromatic carbocycles. The fraction of sp³-hybridized carbons (Fsp3) is 0.167. The minimum Gasteiger partial charge on any atom is -0.461 e. The van der Waals surface area contributed by atoms with Crippen molar-refractivity contribution in [2.75, 3.05) is 11.9 Å². The Balaban J connectivity index is 1.58. The van der Waals surface area contributed by atoms with Crippen molar-refractivity contribution in [3.05, 3.63) is 76.4 Å². The van der Waals surface area contributed by atoms with Gasteiger partial charge in [0.2, 0.25) is 5.91 Å². The van der Waals surface area contributed by atoms with Crippen molar-refractivity contribution in [2.24, 2.45) is 0 Å². The molecule has 0 unspecified atom stereocenters. The van der Waals surface area contributed by atoms with Gasteiger partial charge in [0, 0.05) is 27.4 Å². The second-order valence-electron chi connectivity index (χ2n) is 6.94. The molecule has 0 spiro atoms. The zero-order valence-electron chi connectivity index (χ0n) is 16.5. The van der Waals surface area contributed by atoms with E-state index in [1.54, 1.807) is 6.92 Å². The maximum atomic E-state index is 12.7. The van der Waals surface area contributed by atoms with Crippen molar-refractivity contribution in [3.8, 4) is 0 Å². The van der Waals surface area contributed by atoms with E-state index in [1.165, 1.54) is 0 Å². The van der Waals surface area contributed by atoms with Crippen LogP contribution >= 0.6 is 15.9 Å². The number of halogens is 1. The molecule has 1 heterocycles. The van der Waals surface area contributed by atoms with Crippen LogP contribution in [0.1, 0.15) is 29.4 Å². The van der Waals surface area contributed by atoms with Crippen LogP contribution in [-0.4, -0.2) is 23.5 Å². The van der Waals surface area contributed by atoms with Gasteiger partial charge in [0.25, 0.3) is 0 Å². The van der Waals surface area contributed by atoms with Gasteiger partial charge in [-0.3, -0.25) is 4.79 Å². The number of rotatable bonds is 6. The lowest BCUT2D eigenvalue weighted by Gasteiger charge is -2.09. The zero-order chi connectivity index (χ0) is 21.1. The molecule has 30 heavy (non-hydrogen) atoms. The molecule has 1 aromatic heterocycles. The summed E-state index contributed by atoms with van der Waals surface area (Å²) in [5.41, 5.74) is 2.80. The standard InChI is InChI=1S/C24H21BrN2O3/c1-2-30-24(29)23-18(17-10-6-11-19(25)22(17)27-23)13-14-21(28)26-20-12-5-8-15-7-3-4-9-16(15)20/h3-12,27H,2,13-14H2,1H3,(H,26,28). The Bertz CT molecular complexity index is 1240. The average molecular weight is 465 g/mol. The van der Waals surface area contributed by atoms with Crippen LogP contribution in [0.4, 0.5) is 5.69 Å². The molecule has 0 aliphatic rings. The normalized spacial score (nSPS) is 11.0. The van der Waals surface area contributed by atoms with Crippen molar-refractivity contribution in [2.45, 2.75) is 19.8 Å². The molecule has 4 rings (SSSR count). The number of hydrogen-bond acceptors (Lipinski definition) is 3. The number of fused-ring (bicyclic) bond motifs is 2. The number of ether oxygens (including phenoxy) is 1. The second-order valence-corrected chi connectivity index (χ2v) is 7.79. The van der Waals surface area contributed by atoms with E-state index >= 15 is 0 Å². The summed E-state index contributed by atoms with van der Waals surface area (Å²) < 4.78 is 6.06. The molecular weight excluding hydrogens is 444 g/mol. The predicted molar refractivity (Wildman–Crippen MR) is 123 cm³/mol. The summed E-state index contributed by atoms with van der Waals surface area (Å²) in [6.45, 7) is 2.06. The highest BCUT2D eigenvalue weighted by Gasteiger charge is 2.20. The Labute approximate surface area is 182 Å². The molecule has 1 amide bonds. The third-order valence-corrected chi connectivity index (χ3v) is 5.70. The summed E-state index contributed by atoms with van der Waals surface area (Å²) in [5, 5.41) is 5.98. The number of benzene rings is 3. The number of H-pyrrole nitrogens is 1. The number of amides is 1. The maximum Gasteiger partial charge on any atom is 0.355 e. The van der Waals surface area contributed by atoms with E-state index in [0.29, 0.717) is 12.1 Å². The first kappa shape index (κ1) is 20.2. The number of aromatic amines is 1. The van der Waals surface area contributed by atoms with Crippen molar-refractivity contribution in [1.82, 2.24) is 4.98 Å². The molecule has 0 fully saturated rings. The number of nitrogens with one attached hydrogen (secondary N) is 2. The fourth-order valence-electron chi connectivity index (χ4n) is 3.66. The summed E-state index contributed by atoms with van der Waals surface area (Å²) in [5.74, 6) is -0.518. The molecular formula is C24H21BrN2O3. The average Bonchev–Trinajstić information content (AvgIpc) is 3.13. The van der Waals surface area contributed by atoms with E-state index in [0.717, 1.165) is 37.4 Å². The molecule has 0 saturated carbocycles. The smallest absolute Gasteiger partial charge is 0.355 e. The molecule has 4 aromatic rings. The predicted octanol–water partition coefficient (Wildman–Crippen LogP) is 5.83. The van der Waals surface area contributed by atoms with Gasteiger partial charge in [0.05, 0.1) is 12.1 Å². The van der Waals surface area contributed by atoms with E-state index in [2.05, 4.69) is 26.2 Å². The van der Waals surface area contributed by atoms with Crippen LogP contribution in [0.5, 0.6) is 0 Å².